The predicted octanol–water partition coefficient (Wildman–Crippen LogP) is 2.73. The highest BCUT2D eigenvalue weighted by molar-refractivity contribution is 4.81. The normalized spacial score (nSPS) is 9.78. The molecule has 0 spiro atoms. The summed E-state index contributed by atoms with van der Waals surface area (Å²) < 4.78 is 5.30. The van der Waals surface area contributed by atoms with Crippen LogP contribution in [0.4, 0.5) is 0 Å². The molecule has 0 aliphatic heterocycles. The molecule has 9 heavy (non-hydrogen) atoms. The van der Waals surface area contributed by atoms with E-state index in [1.807, 2.05) is 13.8 Å². The van der Waals surface area contributed by atoms with Crippen molar-refractivity contribution < 1.29 is 4.74 Å². The maximum atomic E-state index is 5.30. The van der Waals surface area contributed by atoms with Crippen molar-refractivity contribution in [2.24, 2.45) is 0 Å². The van der Waals surface area contributed by atoms with Crippen LogP contribution >= 0.6 is 0 Å². The number of ether oxygens (including phenoxy) is 1. The predicted molar refractivity (Wildman–Crippen MR) is 40.3 cm³/mol. The second-order valence-corrected chi connectivity index (χ2v) is 2.46. The van der Waals surface area contributed by atoms with Crippen molar-refractivity contribution in [1.82, 2.24) is 0 Å². The molecular formula is C8H16O. The Morgan fingerprint density at radius 2 is 2.11 bits per heavy atom. The average molecular weight is 128 g/mol. The molecule has 0 rings (SSSR count). The van der Waals surface area contributed by atoms with Crippen LogP contribution in [0.5, 0.6) is 0 Å². The summed E-state index contributed by atoms with van der Waals surface area (Å²) in [6, 6.07) is 0. The van der Waals surface area contributed by atoms with Crippen molar-refractivity contribution in [3.8, 4) is 0 Å². The molecule has 0 aliphatic carbocycles. The number of allylic oxidation sites excluding steroid dienone is 1. The Balaban J connectivity index is 3.27. The number of hydrogen-bond acceptors (Lipinski definition) is 1. The SMILES string of the molecule is C=C(CCC)OC(C)C. The van der Waals surface area contributed by atoms with Crippen LogP contribution in [0.2, 0.25) is 0 Å². The molecule has 1 heteroatoms. The fourth-order valence-corrected chi connectivity index (χ4v) is 0.671. The van der Waals surface area contributed by atoms with E-state index in [1.165, 1.54) is 0 Å². The third-order valence-corrected chi connectivity index (χ3v) is 0.931. The molecule has 0 fully saturated rings. The van der Waals surface area contributed by atoms with Gasteiger partial charge in [-0.1, -0.05) is 13.5 Å². The van der Waals surface area contributed by atoms with Gasteiger partial charge in [0, 0.05) is 6.42 Å². The molecular weight excluding hydrogens is 112 g/mol. The van der Waals surface area contributed by atoms with E-state index in [-0.39, 0.29) is 6.10 Å². The lowest BCUT2D eigenvalue weighted by Gasteiger charge is -2.10. The van der Waals surface area contributed by atoms with Crippen LogP contribution in [0.15, 0.2) is 12.3 Å². The van der Waals surface area contributed by atoms with Crippen LogP contribution < -0.4 is 0 Å². The zero-order valence-electron chi connectivity index (χ0n) is 6.61. The molecule has 0 aliphatic rings. The van der Waals surface area contributed by atoms with Crippen LogP contribution in [0.3, 0.4) is 0 Å². The maximum Gasteiger partial charge on any atom is 0.0926 e. The van der Waals surface area contributed by atoms with Crippen molar-refractivity contribution in [2.75, 3.05) is 0 Å². The van der Waals surface area contributed by atoms with Gasteiger partial charge in [-0.05, 0) is 20.3 Å². The molecule has 0 aromatic carbocycles. The largest absolute Gasteiger partial charge is 0.496 e. The van der Waals surface area contributed by atoms with Gasteiger partial charge in [-0.3, -0.25) is 0 Å². The van der Waals surface area contributed by atoms with Crippen molar-refractivity contribution in [3.63, 3.8) is 0 Å². The van der Waals surface area contributed by atoms with E-state index in [4.69, 9.17) is 4.74 Å². The van der Waals surface area contributed by atoms with E-state index in [2.05, 4.69) is 13.5 Å². The topological polar surface area (TPSA) is 9.23 Å². The minimum atomic E-state index is 0.282. The summed E-state index contributed by atoms with van der Waals surface area (Å²) in [5, 5.41) is 0. The minimum absolute atomic E-state index is 0.282. The van der Waals surface area contributed by atoms with E-state index in [0.29, 0.717) is 0 Å². The Bertz CT molecular complexity index is 84.6. The summed E-state index contributed by atoms with van der Waals surface area (Å²) >= 11 is 0. The van der Waals surface area contributed by atoms with Crippen LogP contribution in [0.25, 0.3) is 0 Å². The second kappa shape index (κ2) is 4.42. The number of hydrogen-bond donors (Lipinski definition) is 0. The summed E-state index contributed by atoms with van der Waals surface area (Å²) in [7, 11) is 0. The Hall–Kier alpha value is -0.460. The molecule has 0 unspecified atom stereocenters. The highest BCUT2D eigenvalue weighted by Gasteiger charge is 1.94. The molecule has 0 aromatic heterocycles. The third kappa shape index (κ3) is 5.41. The molecule has 0 N–H and O–H groups in total. The lowest BCUT2D eigenvalue weighted by atomic mass is 10.3. The van der Waals surface area contributed by atoms with Gasteiger partial charge in [0.1, 0.15) is 0 Å². The van der Waals surface area contributed by atoms with Crippen LogP contribution in [0, 0.1) is 0 Å². The summed E-state index contributed by atoms with van der Waals surface area (Å²) in [4.78, 5) is 0. The van der Waals surface area contributed by atoms with Crippen molar-refractivity contribution in [2.45, 2.75) is 39.7 Å². The Labute approximate surface area is 57.7 Å². The van der Waals surface area contributed by atoms with E-state index in [0.717, 1.165) is 18.6 Å². The van der Waals surface area contributed by atoms with Gasteiger partial charge in [0.2, 0.25) is 0 Å². The standard InChI is InChI=1S/C8H16O/c1-5-6-8(4)9-7(2)3/h7H,4-6H2,1-3H3. The van der Waals surface area contributed by atoms with Crippen molar-refractivity contribution >= 4 is 0 Å². The molecule has 0 aromatic rings. The monoisotopic (exact) mass is 128 g/mol. The van der Waals surface area contributed by atoms with E-state index >= 15 is 0 Å². The van der Waals surface area contributed by atoms with Gasteiger partial charge in [0.15, 0.2) is 0 Å². The molecule has 0 saturated heterocycles. The number of rotatable bonds is 4. The molecule has 54 valence electrons. The zero-order chi connectivity index (χ0) is 7.28. The van der Waals surface area contributed by atoms with Gasteiger partial charge in [-0.2, -0.15) is 0 Å². The quantitative estimate of drug-likeness (QED) is 0.529. The Morgan fingerprint density at radius 3 is 2.44 bits per heavy atom. The summed E-state index contributed by atoms with van der Waals surface area (Å²) in [6.45, 7) is 9.91. The van der Waals surface area contributed by atoms with E-state index < -0.39 is 0 Å². The Morgan fingerprint density at radius 1 is 1.56 bits per heavy atom. The molecule has 0 bridgehead atoms. The third-order valence-electron chi connectivity index (χ3n) is 0.931. The van der Waals surface area contributed by atoms with Gasteiger partial charge in [0.25, 0.3) is 0 Å². The maximum absolute atomic E-state index is 5.30. The first-order valence-electron chi connectivity index (χ1n) is 3.51. The highest BCUT2D eigenvalue weighted by Crippen LogP contribution is 2.05. The fourth-order valence-electron chi connectivity index (χ4n) is 0.671. The highest BCUT2D eigenvalue weighted by atomic mass is 16.5. The lowest BCUT2D eigenvalue weighted by molar-refractivity contribution is 0.140. The smallest absolute Gasteiger partial charge is 0.0926 e. The van der Waals surface area contributed by atoms with Crippen LogP contribution in [0.1, 0.15) is 33.6 Å². The van der Waals surface area contributed by atoms with Gasteiger partial charge >= 0.3 is 0 Å². The lowest BCUT2D eigenvalue weighted by Crippen LogP contribution is -2.00. The first-order valence-corrected chi connectivity index (χ1v) is 3.51. The molecule has 0 atom stereocenters. The molecule has 1 nitrogen and oxygen atoms in total. The van der Waals surface area contributed by atoms with Crippen LogP contribution in [-0.2, 0) is 4.74 Å². The van der Waals surface area contributed by atoms with Gasteiger partial charge in [-0.25, -0.2) is 0 Å². The summed E-state index contributed by atoms with van der Waals surface area (Å²) in [5.74, 6) is 0.910. The summed E-state index contributed by atoms with van der Waals surface area (Å²) in [5.41, 5.74) is 0. The zero-order valence-corrected chi connectivity index (χ0v) is 6.61. The summed E-state index contributed by atoms with van der Waals surface area (Å²) in [6.07, 6.45) is 2.38. The van der Waals surface area contributed by atoms with Crippen molar-refractivity contribution in [3.05, 3.63) is 12.3 Å². The van der Waals surface area contributed by atoms with Gasteiger partial charge in [-0.15, -0.1) is 0 Å². The van der Waals surface area contributed by atoms with Gasteiger partial charge < -0.3 is 4.74 Å². The van der Waals surface area contributed by atoms with Crippen LogP contribution in [-0.4, -0.2) is 6.10 Å². The first-order chi connectivity index (χ1) is 4.16. The molecule has 0 saturated carbocycles. The fraction of sp³-hybridized carbons (Fsp3) is 0.750. The van der Waals surface area contributed by atoms with Crippen molar-refractivity contribution in [1.29, 1.82) is 0 Å². The van der Waals surface area contributed by atoms with Gasteiger partial charge in [0.05, 0.1) is 11.9 Å². The van der Waals surface area contributed by atoms with E-state index in [9.17, 15) is 0 Å². The van der Waals surface area contributed by atoms with E-state index in [1.54, 1.807) is 0 Å². The second-order valence-electron chi connectivity index (χ2n) is 2.46. The molecule has 0 radical (unpaired) electrons. The molecule has 0 heterocycles. The minimum Gasteiger partial charge on any atom is -0.496 e. The average Bonchev–Trinajstić information content (AvgIpc) is 1.63. The Kier molecular flexibility index (Phi) is 4.20. The first kappa shape index (κ1) is 8.54. The molecule has 0 amide bonds.